The first kappa shape index (κ1) is 14.7. The number of methoxy groups -OCH3 is 1. The molecule has 0 aromatic carbocycles. The molecule has 0 spiro atoms. The van der Waals surface area contributed by atoms with Crippen LogP contribution in [0.3, 0.4) is 0 Å². The molecule has 1 atom stereocenters. The van der Waals surface area contributed by atoms with Gasteiger partial charge in [-0.25, -0.2) is 4.98 Å². The summed E-state index contributed by atoms with van der Waals surface area (Å²) in [6.07, 6.45) is 0.706. The third kappa shape index (κ3) is 3.01. The van der Waals surface area contributed by atoms with Gasteiger partial charge in [0.25, 0.3) is 5.91 Å². The summed E-state index contributed by atoms with van der Waals surface area (Å²) in [7, 11) is 1.53. The molecule has 2 aromatic heterocycles. The van der Waals surface area contributed by atoms with Crippen molar-refractivity contribution in [2.45, 2.75) is 19.4 Å². The Morgan fingerprint density at radius 3 is 2.77 bits per heavy atom. The van der Waals surface area contributed by atoms with Crippen molar-refractivity contribution in [3.63, 3.8) is 0 Å². The Labute approximate surface area is 131 Å². The summed E-state index contributed by atoms with van der Waals surface area (Å²) in [4.78, 5) is 19.0. The van der Waals surface area contributed by atoms with Gasteiger partial charge in [-0.3, -0.25) is 4.79 Å². The number of hydrogen-bond donors (Lipinski definition) is 0. The molecule has 1 aliphatic heterocycles. The number of likely N-dealkylation sites (tertiary alicyclic amines) is 1. The highest BCUT2D eigenvalue weighted by Gasteiger charge is 2.30. The predicted octanol–water partition coefficient (Wildman–Crippen LogP) is 1.54. The molecule has 0 radical (unpaired) electrons. The number of thiazole rings is 1. The highest BCUT2D eigenvalue weighted by molar-refractivity contribution is 7.11. The quantitative estimate of drug-likeness (QED) is 0.850. The van der Waals surface area contributed by atoms with Crippen LogP contribution in [-0.2, 0) is 0 Å². The van der Waals surface area contributed by atoms with Gasteiger partial charge in [-0.2, -0.15) is 0 Å². The largest absolute Gasteiger partial charge is 0.480 e. The summed E-state index contributed by atoms with van der Waals surface area (Å²) in [5, 5.41) is 7.80. The second-order valence-electron chi connectivity index (χ2n) is 4.96. The summed E-state index contributed by atoms with van der Waals surface area (Å²) >= 11 is 1.37. The highest BCUT2D eigenvalue weighted by Crippen LogP contribution is 2.21. The Kier molecular flexibility index (Phi) is 4.19. The molecule has 1 saturated heterocycles. The lowest BCUT2D eigenvalue weighted by Gasteiger charge is -2.16. The zero-order valence-corrected chi connectivity index (χ0v) is 13.2. The van der Waals surface area contributed by atoms with Crippen LogP contribution in [0.15, 0.2) is 17.6 Å². The maximum atomic E-state index is 12.4. The van der Waals surface area contributed by atoms with Gasteiger partial charge in [0.1, 0.15) is 11.0 Å². The molecule has 7 nitrogen and oxygen atoms in total. The van der Waals surface area contributed by atoms with Crippen LogP contribution in [0, 0.1) is 6.92 Å². The highest BCUT2D eigenvalue weighted by atomic mass is 32.1. The first-order valence-electron chi connectivity index (χ1n) is 6.91. The average Bonchev–Trinajstić information content (AvgIpc) is 3.16. The van der Waals surface area contributed by atoms with Crippen LogP contribution in [0.2, 0.25) is 0 Å². The van der Waals surface area contributed by atoms with Crippen LogP contribution < -0.4 is 9.47 Å². The van der Waals surface area contributed by atoms with Crippen LogP contribution in [0.25, 0.3) is 0 Å². The number of aryl methyl sites for hydroxylation is 1. The smallest absolute Gasteiger partial charge is 0.265 e. The van der Waals surface area contributed by atoms with Crippen molar-refractivity contribution in [3.05, 3.63) is 28.2 Å². The lowest BCUT2D eigenvalue weighted by molar-refractivity contribution is 0.0774. The van der Waals surface area contributed by atoms with E-state index in [0.717, 1.165) is 12.1 Å². The van der Waals surface area contributed by atoms with Crippen LogP contribution in [0.5, 0.6) is 11.8 Å². The number of hydrogen-bond acceptors (Lipinski definition) is 7. The van der Waals surface area contributed by atoms with Gasteiger partial charge in [-0.15, -0.1) is 21.5 Å². The number of carbonyl (C=O) groups excluding carboxylic acids is 1. The molecule has 1 amide bonds. The zero-order chi connectivity index (χ0) is 15.5. The molecule has 1 aliphatic rings. The van der Waals surface area contributed by atoms with Crippen LogP contribution in [-0.4, -0.2) is 52.3 Å². The van der Waals surface area contributed by atoms with E-state index in [-0.39, 0.29) is 12.0 Å². The molecule has 0 N–H and O–H groups in total. The fourth-order valence-corrected chi connectivity index (χ4v) is 3.08. The second kappa shape index (κ2) is 6.27. The minimum Gasteiger partial charge on any atom is -0.480 e. The topological polar surface area (TPSA) is 77.4 Å². The fourth-order valence-electron chi connectivity index (χ4n) is 2.31. The third-order valence-electron chi connectivity index (χ3n) is 3.48. The van der Waals surface area contributed by atoms with E-state index in [1.165, 1.54) is 18.4 Å². The van der Waals surface area contributed by atoms with Crippen molar-refractivity contribution >= 4 is 17.2 Å². The predicted molar refractivity (Wildman–Crippen MR) is 80.4 cm³/mol. The molecular formula is C14H16N4O3S. The lowest BCUT2D eigenvalue weighted by Crippen LogP contribution is -2.30. The maximum Gasteiger partial charge on any atom is 0.265 e. The number of rotatable bonds is 4. The number of carbonyl (C=O) groups is 1. The molecule has 0 aliphatic carbocycles. The normalized spacial score (nSPS) is 17.5. The van der Waals surface area contributed by atoms with Gasteiger partial charge in [-0.1, -0.05) is 0 Å². The molecule has 0 bridgehead atoms. The minimum absolute atomic E-state index is 0.0203. The van der Waals surface area contributed by atoms with Gasteiger partial charge in [0.05, 0.1) is 24.9 Å². The summed E-state index contributed by atoms with van der Waals surface area (Å²) in [5.74, 6) is 0.900. The third-order valence-corrected chi connectivity index (χ3v) is 4.40. The Hall–Kier alpha value is -2.22. The SMILES string of the molecule is COc1ccc(OC2CCN(C(=O)c3scnc3C)C2)nn1. The van der Waals surface area contributed by atoms with E-state index in [1.807, 2.05) is 6.92 Å². The standard InChI is InChI=1S/C14H16N4O3S/c1-9-13(22-8-15-9)14(19)18-6-5-10(7-18)21-12-4-3-11(20-2)16-17-12/h3-4,8,10H,5-7H2,1-2H3. The minimum atomic E-state index is -0.0696. The summed E-state index contributed by atoms with van der Waals surface area (Å²) in [6.45, 7) is 3.06. The van der Waals surface area contributed by atoms with Crippen molar-refractivity contribution in [2.24, 2.45) is 0 Å². The van der Waals surface area contributed by atoms with E-state index >= 15 is 0 Å². The lowest BCUT2D eigenvalue weighted by atomic mass is 10.3. The Morgan fingerprint density at radius 2 is 2.14 bits per heavy atom. The molecule has 22 heavy (non-hydrogen) atoms. The van der Waals surface area contributed by atoms with Gasteiger partial charge in [0, 0.05) is 25.1 Å². The van der Waals surface area contributed by atoms with Crippen LogP contribution >= 0.6 is 11.3 Å². The fraction of sp³-hybridized carbons (Fsp3) is 0.429. The van der Waals surface area contributed by atoms with Crippen molar-refractivity contribution in [1.29, 1.82) is 0 Å². The average molecular weight is 320 g/mol. The molecule has 3 heterocycles. The molecule has 116 valence electrons. The van der Waals surface area contributed by atoms with Crippen LogP contribution in [0.1, 0.15) is 21.8 Å². The van der Waals surface area contributed by atoms with E-state index in [0.29, 0.717) is 29.7 Å². The van der Waals surface area contributed by atoms with E-state index in [2.05, 4.69) is 15.2 Å². The molecule has 2 aromatic rings. The van der Waals surface area contributed by atoms with Gasteiger partial charge >= 0.3 is 0 Å². The van der Waals surface area contributed by atoms with Crippen molar-refractivity contribution < 1.29 is 14.3 Å². The molecule has 1 unspecified atom stereocenters. The van der Waals surface area contributed by atoms with Gasteiger partial charge in [-0.05, 0) is 6.92 Å². The number of nitrogens with zero attached hydrogens (tertiary/aromatic N) is 4. The van der Waals surface area contributed by atoms with Gasteiger partial charge in [0.15, 0.2) is 0 Å². The van der Waals surface area contributed by atoms with Crippen molar-refractivity contribution in [1.82, 2.24) is 20.1 Å². The molecule has 3 rings (SSSR count). The van der Waals surface area contributed by atoms with Crippen molar-refractivity contribution in [2.75, 3.05) is 20.2 Å². The maximum absolute atomic E-state index is 12.4. The van der Waals surface area contributed by atoms with E-state index in [4.69, 9.17) is 9.47 Å². The summed E-state index contributed by atoms with van der Waals surface area (Å²) < 4.78 is 10.7. The summed E-state index contributed by atoms with van der Waals surface area (Å²) in [5.41, 5.74) is 2.47. The van der Waals surface area contributed by atoms with E-state index < -0.39 is 0 Å². The number of amides is 1. The zero-order valence-electron chi connectivity index (χ0n) is 12.4. The first-order chi connectivity index (χ1) is 10.7. The van der Waals surface area contributed by atoms with Crippen LogP contribution in [0.4, 0.5) is 0 Å². The van der Waals surface area contributed by atoms with E-state index in [1.54, 1.807) is 22.5 Å². The Balaban J connectivity index is 1.60. The summed E-state index contributed by atoms with van der Waals surface area (Å²) in [6, 6.07) is 3.41. The molecule has 8 heteroatoms. The number of ether oxygens (including phenoxy) is 2. The van der Waals surface area contributed by atoms with Gasteiger partial charge in [0.2, 0.25) is 11.8 Å². The van der Waals surface area contributed by atoms with Gasteiger partial charge < -0.3 is 14.4 Å². The molecule has 0 saturated carbocycles. The molecule has 1 fully saturated rings. The second-order valence-corrected chi connectivity index (χ2v) is 5.82. The van der Waals surface area contributed by atoms with Crippen molar-refractivity contribution in [3.8, 4) is 11.8 Å². The monoisotopic (exact) mass is 320 g/mol. The number of aromatic nitrogens is 3. The molecular weight excluding hydrogens is 304 g/mol. The first-order valence-corrected chi connectivity index (χ1v) is 7.79. The van der Waals surface area contributed by atoms with E-state index in [9.17, 15) is 4.79 Å². The Morgan fingerprint density at radius 1 is 1.36 bits per heavy atom. The Bertz CT molecular complexity index is 658.